The first-order valence-corrected chi connectivity index (χ1v) is 8.85. The molecule has 0 saturated heterocycles. The summed E-state index contributed by atoms with van der Waals surface area (Å²) in [5.41, 5.74) is 5.54. The zero-order chi connectivity index (χ0) is 19.2. The molecule has 0 aliphatic carbocycles. The molecule has 0 radical (unpaired) electrons. The first kappa shape index (κ1) is 18.5. The summed E-state index contributed by atoms with van der Waals surface area (Å²) >= 11 is 0. The molecule has 0 aliphatic rings. The highest BCUT2D eigenvalue weighted by Gasteiger charge is 2.08. The largest absolute Gasteiger partial charge is 0.378 e. The summed E-state index contributed by atoms with van der Waals surface area (Å²) in [5, 5.41) is 6.23. The summed E-state index contributed by atoms with van der Waals surface area (Å²) in [6, 6.07) is 19.8. The predicted molar refractivity (Wildman–Crippen MR) is 111 cm³/mol. The molecule has 0 aliphatic heterocycles. The van der Waals surface area contributed by atoms with Gasteiger partial charge in [-0.25, -0.2) is 0 Å². The summed E-state index contributed by atoms with van der Waals surface area (Å²) in [6.07, 6.45) is 1.64. The maximum absolute atomic E-state index is 12.4. The van der Waals surface area contributed by atoms with Crippen molar-refractivity contribution in [1.29, 1.82) is 0 Å². The number of anilines is 3. The van der Waals surface area contributed by atoms with Crippen molar-refractivity contribution in [2.75, 3.05) is 24.3 Å². The Morgan fingerprint density at radius 3 is 2.48 bits per heavy atom. The highest BCUT2D eigenvalue weighted by molar-refractivity contribution is 5.93. The maximum atomic E-state index is 12.4. The summed E-state index contributed by atoms with van der Waals surface area (Å²) in [5.74, 6) is -0.192. The molecule has 0 bridgehead atoms. The van der Waals surface area contributed by atoms with Crippen LogP contribution in [0.25, 0.3) is 0 Å². The topological polar surface area (TPSA) is 57.3 Å². The molecule has 0 spiro atoms. The minimum absolute atomic E-state index is 0.192. The lowest BCUT2D eigenvalue weighted by atomic mass is 10.1. The lowest BCUT2D eigenvalue weighted by Crippen LogP contribution is -2.23. The third kappa shape index (κ3) is 5.07. The second kappa shape index (κ2) is 8.36. The van der Waals surface area contributed by atoms with E-state index >= 15 is 0 Å². The van der Waals surface area contributed by atoms with Gasteiger partial charge in [0.15, 0.2) is 0 Å². The van der Waals surface area contributed by atoms with Crippen LogP contribution in [0.3, 0.4) is 0 Å². The summed E-state index contributed by atoms with van der Waals surface area (Å²) in [6.45, 7) is 2.51. The molecule has 0 saturated carbocycles. The van der Waals surface area contributed by atoms with Gasteiger partial charge in [-0.1, -0.05) is 29.8 Å². The molecule has 0 atom stereocenters. The average molecular weight is 360 g/mol. The van der Waals surface area contributed by atoms with E-state index in [1.807, 2.05) is 74.4 Å². The molecule has 1 heterocycles. The van der Waals surface area contributed by atoms with E-state index in [1.54, 1.807) is 12.3 Å². The normalized spacial score (nSPS) is 10.3. The number of nitrogens with zero attached hydrogens (tertiary/aromatic N) is 2. The first-order chi connectivity index (χ1) is 13.0. The monoisotopic (exact) mass is 360 g/mol. The quantitative estimate of drug-likeness (QED) is 0.694. The smallest absolute Gasteiger partial charge is 0.270 e. The van der Waals surface area contributed by atoms with E-state index in [0.29, 0.717) is 12.2 Å². The van der Waals surface area contributed by atoms with Crippen LogP contribution in [0.1, 0.15) is 21.6 Å². The number of aromatic nitrogens is 1. The zero-order valence-electron chi connectivity index (χ0n) is 15.9. The van der Waals surface area contributed by atoms with Gasteiger partial charge in [0.1, 0.15) is 5.69 Å². The maximum Gasteiger partial charge on any atom is 0.270 e. The van der Waals surface area contributed by atoms with Crippen molar-refractivity contribution >= 4 is 23.0 Å². The van der Waals surface area contributed by atoms with Crippen molar-refractivity contribution in [3.63, 3.8) is 0 Å². The Bertz CT molecular complexity index is 920. The Hall–Kier alpha value is -3.34. The summed E-state index contributed by atoms with van der Waals surface area (Å²) < 4.78 is 0. The van der Waals surface area contributed by atoms with Crippen LogP contribution in [0.4, 0.5) is 17.1 Å². The fourth-order valence-corrected chi connectivity index (χ4v) is 2.74. The first-order valence-electron chi connectivity index (χ1n) is 8.85. The molecular weight excluding hydrogens is 336 g/mol. The van der Waals surface area contributed by atoms with E-state index < -0.39 is 0 Å². The van der Waals surface area contributed by atoms with Gasteiger partial charge in [-0.15, -0.1) is 0 Å². The van der Waals surface area contributed by atoms with Gasteiger partial charge in [0, 0.05) is 43.9 Å². The van der Waals surface area contributed by atoms with Crippen molar-refractivity contribution in [1.82, 2.24) is 10.3 Å². The highest BCUT2D eigenvalue weighted by Crippen LogP contribution is 2.20. The van der Waals surface area contributed by atoms with Gasteiger partial charge in [0.25, 0.3) is 5.91 Å². The van der Waals surface area contributed by atoms with Crippen LogP contribution < -0.4 is 15.5 Å². The van der Waals surface area contributed by atoms with Crippen molar-refractivity contribution in [2.24, 2.45) is 0 Å². The van der Waals surface area contributed by atoms with Gasteiger partial charge in [0.2, 0.25) is 0 Å². The van der Waals surface area contributed by atoms with Crippen LogP contribution in [-0.2, 0) is 6.54 Å². The molecule has 3 aromatic rings. The molecule has 27 heavy (non-hydrogen) atoms. The van der Waals surface area contributed by atoms with Crippen LogP contribution in [0.2, 0.25) is 0 Å². The molecule has 3 rings (SSSR count). The fourth-order valence-electron chi connectivity index (χ4n) is 2.74. The van der Waals surface area contributed by atoms with Crippen molar-refractivity contribution in [3.8, 4) is 0 Å². The Labute approximate surface area is 160 Å². The number of benzene rings is 2. The van der Waals surface area contributed by atoms with Crippen LogP contribution in [0.5, 0.6) is 0 Å². The Morgan fingerprint density at radius 1 is 1.00 bits per heavy atom. The standard InChI is InChI=1S/C22H24N4O/c1-16-5-4-6-17(13-16)15-24-22(27)21-14-19(11-12-23-21)25-18-7-9-20(10-8-18)26(2)3/h4-14H,15H2,1-3H3,(H,23,25)(H,24,27). The van der Waals surface area contributed by atoms with E-state index in [2.05, 4.69) is 21.7 Å². The lowest BCUT2D eigenvalue weighted by molar-refractivity contribution is 0.0946. The van der Waals surface area contributed by atoms with Crippen LogP contribution in [0.15, 0.2) is 66.9 Å². The SMILES string of the molecule is Cc1cccc(CNC(=O)c2cc(Nc3ccc(N(C)C)cc3)ccn2)c1. The van der Waals surface area contributed by atoms with Gasteiger partial charge in [0.05, 0.1) is 0 Å². The number of nitrogens with one attached hydrogen (secondary N) is 2. The van der Waals surface area contributed by atoms with Gasteiger partial charge in [-0.3, -0.25) is 9.78 Å². The minimum atomic E-state index is -0.192. The Kier molecular flexibility index (Phi) is 5.71. The molecule has 1 amide bonds. The van der Waals surface area contributed by atoms with E-state index in [9.17, 15) is 4.79 Å². The molecular formula is C22H24N4O. The molecule has 1 aromatic heterocycles. The van der Waals surface area contributed by atoms with Crippen LogP contribution >= 0.6 is 0 Å². The van der Waals surface area contributed by atoms with Gasteiger partial charge >= 0.3 is 0 Å². The summed E-state index contributed by atoms with van der Waals surface area (Å²) in [4.78, 5) is 18.7. The highest BCUT2D eigenvalue weighted by atomic mass is 16.1. The number of rotatable bonds is 6. The van der Waals surface area contributed by atoms with Crippen LogP contribution in [-0.4, -0.2) is 25.0 Å². The second-order valence-electron chi connectivity index (χ2n) is 6.67. The Balaban J connectivity index is 1.64. The predicted octanol–water partition coefficient (Wildman–Crippen LogP) is 4.13. The average Bonchev–Trinajstić information content (AvgIpc) is 2.67. The van der Waals surface area contributed by atoms with Crippen molar-refractivity contribution < 1.29 is 4.79 Å². The molecule has 2 N–H and O–H groups in total. The minimum Gasteiger partial charge on any atom is -0.378 e. The molecule has 5 heteroatoms. The number of hydrogen-bond acceptors (Lipinski definition) is 4. The summed E-state index contributed by atoms with van der Waals surface area (Å²) in [7, 11) is 4.01. The number of aryl methyl sites for hydroxylation is 1. The number of hydrogen-bond donors (Lipinski definition) is 2. The van der Waals surface area contributed by atoms with Gasteiger partial charge in [-0.05, 0) is 48.9 Å². The zero-order valence-corrected chi connectivity index (χ0v) is 15.9. The van der Waals surface area contributed by atoms with Crippen LogP contribution in [0, 0.1) is 6.92 Å². The molecule has 0 fully saturated rings. The van der Waals surface area contributed by atoms with E-state index in [-0.39, 0.29) is 5.91 Å². The van der Waals surface area contributed by atoms with E-state index in [0.717, 1.165) is 22.6 Å². The van der Waals surface area contributed by atoms with Crippen molar-refractivity contribution in [2.45, 2.75) is 13.5 Å². The number of carbonyl (C=O) groups excluding carboxylic acids is 1. The van der Waals surface area contributed by atoms with E-state index in [1.165, 1.54) is 5.56 Å². The number of pyridine rings is 1. The second-order valence-corrected chi connectivity index (χ2v) is 6.67. The number of amides is 1. The molecule has 0 unspecified atom stereocenters. The third-order valence-corrected chi connectivity index (χ3v) is 4.20. The van der Waals surface area contributed by atoms with Crippen molar-refractivity contribution in [3.05, 3.63) is 83.7 Å². The fraction of sp³-hybridized carbons (Fsp3) is 0.182. The lowest BCUT2D eigenvalue weighted by Gasteiger charge is -2.13. The van der Waals surface area contributed by atoms with Gasteiger partial charge < -0.3 is 15.5 Å². The van der Waals surface area contributed by atoms with E-state index in [4.69, 9.17) is 0 Å². The molecule has 138 valence electrons. The third-order valence-electron chi connectivity index (χ3n) is 4.20. The molecule has 2 aromatic carbocycles. The Morgan fingerprint density at radius 2 is 1.78 bits per heavy atom. The van der Waals surface area contributed by atoms with Gasteiger partial charge in [-0.2, -0.15) is 0 Å². The molecule has 5 nitrogen and oxygen atoms in total. The number of carbonyl (C=O) groups is 1.